The van der Waals surface area contributed by atoms with Gasteiger partial charge in [-0.1, -0.05) is 32.0 Å². The second kappa shape index (κ2) is 10.8. The predicted octanol–water partition coefficient (Wildman–Crippen LogP) is 4.56. The summed E-state index contributed by atoms with van der Waals surface area (Å²) in [7, 11) is 3.19. The van der Waals surface area contributed by atoms with Crippen LogP contribution in [0, 0.1) is 0 Å². The number of methoxy groups -OCH3 is 2. The summed E-state index contributed by atoms with van der Waals surface area (Å²) >= 11 is 0. The van der Waals surface area contributed by atoms with Crippen molar-refractivity contribution in [2.24, 2.45) is 0 Å². The molecule has 0 unspecified atom stereocenters. The van der Waals surface area contributed by atoms with Crippen LogP contribution in [0.3, 0.4) is 0 Å². The quantitative estimate of drug-likeness (QED) is 0.485. The molecule has 1 amide bonds. The van der Waals surface area contributed by atoms with E-state index in [1.54, 1.807) is 32.4 Å². The average molecular weight is 427 g/mol. The first kappa shape index (κ1) is 22.7. The Morgan fingerprint density at radius 3 is 2.55 bits per heavy atom. The van der Waals surface area contributed by atoms with Gasteiger partial charge in [0, 0.05) is 36.4 Å². The zero-order chi connectivity index (χ0) is 22.2. The second-order valence-electron chi connectivity index (χ2n) is 7.03. The number of anilines is 1. The molecular formula is C24H30N2O5. The Morgan fingerprint density at radius 1 is 1.06 bits per heavy atom. The fourth-order valence-electron chi connectivity index (χ4n) is 3.45. The number of fused-ring (bicyclic) bond motifs is 1. The maximum atomic E-state index is 13.0. The lowest BCUT2D eigenvalue weighted by Crippen LogP contribution is -2.28. The van der Waals surface area contributed by atoms with Gasteiger partial charge in [0.25, 0.3) is 5.91 Å². The molecular weight excluding hydrogens is 396 g/mol. The van der Waals surface area contributed by atoms with E-state index >= 15 is 0 Å². The number of likely N-dealkylation sites (N-methyl/N-ethyl adjacent to an activating group) is 1. The third-order valence-corrected chi connectivity index (χ3v) is 5.17. The number of benzene rings is 2. The highest BCUT2D eigenvalue weighted by molar-refractivity contribution is 6.06. The third kappa shape index (κ3) is 5.37. The van der Waals surface area contributed by atoms with Gasteiger partial charge in [-0.2, -0.15) is 0 Å². The van der Waals surface area contributed by atoms with E-state index < -0.39 is 0 Å². The van der Waals surface area contributed by atoms with Crippen molar-refractivity contribution in [2.45, 2.75) is 20.5 Å². The number of amides is 1. The highest BCUT2D eigenvalue weighted by Gasteiger charge is 2.21. The Labute approximate surface area is 182 Å². The van der Waals surface area contributed by atoms with Gasteiger partial charge in [0.15, 0.2) is 17.3 Å². The molecule has 0 saturated heterocycles. The third-order valence-electron chi connectivity index (χ3n) is 5.17. The number of carbonyl (C=O) groups excluding carboxylic acids is 1. The summed E-state index contributed by atoms with van der Waals surface area (Å²) in [5, 5.41) is 3.76. The maximum Gasteiger partial charge on any atom is 0.291 e. The van der Waals surface area contributed by atoms with Gasteiger partial charge in [0.1, 0.15) is 12.2 Å². The lowest BCUT2D eigenvalue weighted by Gasteiger charge is -2.19. The maximum absolute atomic E-state index is 13.0. The van der Waals surface area contributed by atoms with Crippen LogP contribution < -0.4 is 14.8 Å². The lowest BCUT2D eigenvalue weighted by atomic mass is 10.1. The Bertz CT molecular complexity index is 1010. The average Bonchev–Trinajstić information content (AvgIpc) is 3.16. The first-order valence-electron chi connectivity index (χ1n) is 10.4. The number of nitrogens with zero attached hydrogens (tertiary/aromatic N) is 1. The van der Waals surface area contributed by atoms with Gasteiger partial charge in [-0.15, -0.1) is 0 Å². The predicted molar refractivity (Wildman–Crippen MR) is 121 cm³/mol. The number of para-hydroxylation sites is 1. The summed E-state index contributed by atoms with van der Waals surface area (Å²) in [6, 6.07) is 12.8. The van der Waals surface area contributed by atoms with Crippen LogP contribution in [0.2, 0.25) is 0 Å². The Hall–Kier alpha value is -3.03. The van der Waals surface area contributed by atoms with Crippen molar-refractivity contribution in [1.29, 1.82) is 0 Å². The van der Waals surface area contributed by atoms with E-state index in [-0.39, 0.29) is 18.3 Å². The van der Waals surface area contributed by atoms with E-state index in [4.69, 9.17) is 18.6 Å². The highest BCUT2D eigenvalue weighted by Crippen LogP contribution is 2.31. The molecule has 3 aromatic rings. The largest absolute Gasteiger partial charge is 0.493 e. The molecule has 3 rings (SSSR count). The standard InChI is InChI=1S/C24H30N2O5/c1-5-26(6-2)13-14-30-22-15-17(11-12-21(22)29-4)25-24(27)23-19(16-28-3)18-9-7-8-10-20(18)31-23/h7-12,15H,5-6,13-14,16H2,1-4H3,(H,25,27). The molecule has 0 aliphatic rings. The monoisotopic (exact) mass is 426 g/mol. The molecule has 0 aliphatic carbocycles. The van der Waals surface area contributed by atoms with E-state index in [2.05, 4.69) is 24.1 Å². The van der Waals surface area contributed by atoms with Crippen LogP contribution in [0.1, 0.15) is 30.0 Å². The fourth-order valence-corrected chi connectivity index (χ4v) is 3.45. The van der Waals surface area contributed by atoms with Crippen molar-refractivity contribution in [1.82, 2.24) is 4.90 Å². The normalized spacial score (nSPS) is 11.1. The van der Waals surface area contributed by atoms with Gasteiger partial charge in [-0.3, -0.25) is 4.79 Å². The highest BCUT2D eigenvalue weighted by atomic mass is 16.5. The number of rotatable bonds is 11. The van der Waals surface area contributed by atoms with Crippen molar-refractivity contribution in [2.75, 3.05) is 45.8 Å². The van der Waals surface area contributed by atoms with Gasteiger partial charge in [-0.25, -0.2) is 0 Å². The Kier molecular flexibility index (Phi) is 7.92. The van der Waals surface area contributed by atoms with E-state index in [0.29, 0.717) is 29.4 Å². The van der Waals surface area contributed by atoms with Crippen molar-refractivity contribution < 1.29 is 23.4 Å². The van der Waals surface area contributed by atoms with Gasteiger partial charge >= 0.3 is 0 Å². The number of hydrogen-bond acceptors (Lipinski definition) is 6. The van der Waals surface area contributed by atoms with E-state index in [0.717, 1.165) is 30.6 Å². The summed E-state index contributed by atoms with van der Waals surface area (Å²) in [5.41, 5.74) is 1.96. The van der Waals surface area contributed by atoms with Gasteiger partial charge in [-0.05, 0) is 31.3 Å². The molecule has 0 bridgehead atoms. The SMILES string of the molecule is CCN(CC)CCOc1cc(NC(=O)c2oc3ccccc3c2COC)ccc1OC. The number of hydrogen-bond donors (Lipinski definition) is 1. The van der Waals surface area contributed by atoms with E-state index in [1.165, 1.54) is 0 Å². The van der Waals surface area contributed by atoms with Crippen LogP contribution in [0.5, 0.6) is 11.5 Å². The van der Waals surface area contributed by atoms with E-state index in [9.17, 15) is 4.79 Å². The molecule has 0 saturated carbocycles. The summed E-state index contributed by atoms with van der Waals surface area (Å²) in [4.78, 5) is 15.3. The molecule has 7 heteroatoms. The molecule has 0 atom stereocenters. The Balaban J connectivity index is 1.78. The summed E-state index contributed by atoms with van der Waals surface area (Å²) < 4.78 is 22.5. The summed E-state index contributed by atoms with van der Waals surface area (Å²) in [6.07, 6.45) is 0. The van der Waals surface area contributed by atoms with Crippen LogP contribution in [0.4, 0.5) is 5.69 Å². The molecule has 166 valence electrons. The van der Waals surface area contributed by atoms with Crippen LogP contribution in [0.25, 0.3) is 11.0 Å². The van der Waals surface area contributed by atoms with E-state index in [1.807, 2.05) is 24.3 Å². The van der Waals surface area contributed by atoms with Gasteiger partial charge < -0.3 is 28.8 Å². The Morgan fingerprint density at radius 2 is 1.84 bits per heavy atom. The molecule has 0 aliphatic heterocycles. The number of ether oxygens (including phenoxy) is 3. The smallest absolute Gasteiger partial charge is 0.291 e. The molecule has 2 aromatic carbocycles. The molecule has 7 nitrogen and oxygen atoms in total. The van der Waals surface area contributed by atoms with Crippen molar-refractivity contribution in [3.63, 3.8) is 0 Å². The van der Waals surface area contributed by atoms with Crippen LogP contribution in [-0.2, 0) is 11.3 Å². The van der Waals surface area contributed by atoms with Gasteiger partial charge in [0.2, 0.25) is 0 Å². The zero-order valence-corrected chi connectivity index (χ0v) is 18.6. The van der Waals surface area contributed by atoms with Crippen LogP contribution in [-0.4, -0.2) is 51.3 Å². The summed E-state index contributed by atoms with van der Waals surface area (Å²) in [5.74, 6) is 1.08. The fraction of sp³-hybridized carbons (Fsp3) is 0.375. The van der Waals surface area contributed by atoms with Crippen molar-refractivity contribution in [3.05, 3.63) is 53.8 Å². The molecule has 1 N–H and O–H groups in total. The van der Waals surface area contributed by atoms with Crippen LogP contribution in [0.15, 0.2) is 46.9 Å². The molecule has 0 fully saturated rings. The molecule has 0 radical (unpaired) electrons. The number of nitrogens with one attached hydrogen (secondary N) is 1. The zero-order valence-electron chi connectivity index (χ0n) is 18.6. The minimum atomic E-state index is -0.345. The lowest BCUT2D eigenvalue weighted by molar-refractivity contribution is 0.0992. The van der Waals surface area contributed by atoms with Crippen molar-refractivity contribution in [3.8, 4) is 11.5 Å². The minimum Gasteiger partial charge on any atom is -0.493 e. The number of carbonyl (C=O) groups is 1. The number of furan rings is 1. The second-order valence-corrected chi connectivity index (χ2v) is 7.03. The first-order chi connectivity index (χ1) is 15.1. The molecule has 31 heavy (non-hydrogen) atoms. The molecule has 1 aromatic heterocycles. The summed E-state index contributed by atoms with van der Waals surface area (Å²) in [6.45, 7) is 7.79. The first-order valence-corrected chi connectivity index (χ1v) is 10.4. The minimum absolute atomic E-state index is 0.239. The molecule has 1 heterocycles. The topological polar surface area (TPSA) is 73.2 Å². The van der Waals surface area contributed by atoms with Crippen molar-refractivity contribution >= 4 is 22.6 Å². The van der Waals surface area contributed by atoms with Gasteiger partial charge in [0.05, 0.1) is 13.7 Å². The van der Waals surface area contributed by atoms with Crippen LogP contribution >= 0.6 is 0 Å². The molecule has 0 spiro atoms.